The third-order valence-corrected chi connectivity index (χ3v) is 3.47. The summed E-state index contributed by atoms with van der Waals surface area (Å²) in [4.78, 5) is 8.45. The Labute approximate surface area is 138 Å². The van der Waals surface area contributed by atoms with Gasteiger partial charge in [0.2, 0.25) is 0 Å². The predicted octanol–water partition coefficient (Wildman–Crippen LogP) is 4.28. The third kappa shape index (κ3) is 3.77. The zero-order valence-corrected chi connectivity index (χ0v) is 12.9. The van der Waals surface area contributed by atoms with Crippen molar-refractivity contribution < 1.29 is 4.39 Å². The third-order valence-electron chi connectivity index (χ3n) is 3.24. The number of hydrogen-bond donors (Lipinski definition) is 1. The van der Waals surface area contributed by atoms with Gasteiger partial charge >= 0.3 is 0 Å². The predicted molar refractivity (Wildman–Crippen MR) is 90.9 cm³/mol. The van der Waals surface area contributed by atoms with Crippen LogP contribution in [0.1, 0.15) is 12.0 Å². The van der Waals surface area contributed by atoms with Crippen molar-refractivity contribution in [1.29, 1.82) is 0 Å². The summed E-state index contributed by atoms with van der Waals surface area (Å²) in [5.41, 5.74) is 1.24. The molecule has 114 valence electrons. The number of fused-ring (bicyclic) bond motifs is 1. The van der Waals surface area contributed by atoms with Gasteiger partial charge in [-0.3, -0.25) is 0 Å². The highest BCUT2D eigenvalue weighted by molar-refractivity contribution is 6.30. The van der Waals surface area contributed by atoms with E-state index in [9.17, 15) is 4.39 Å². The maximum atomic E-state index is 13.6. The number of nitrogens with zero attached hydrogens (tertiary/aromatic N) is 2. The first-order valence-corrected chi connectivity index (χ1v) is 7.49. The van der Waals surface area contributed by atoms with Gasteiger partial charge < -0.3 is 5.32 Å². The lowest BCUT2D eigenvalue weighted by atomic mass is 10.2. The van der Waals surface area contributed by atoms with Crippen molar-refractivity contribution in [2.75, 3.05) is 11.9 Å². The van der Waals surface area contributed by atoms with Crippen molar-refractivity contribution in [2.45, 2.75) is 6.42 Å². The van der Waals surface area contributed by atoms with Gasteiger partial charge in [0.15, 0.2) is 0 Å². The molecule has 0 aliphatic rings. The summed E-state index contributed by atoms with van der Waals surface area (Å²) in [7, 11) is 0. The molecule has 2 aromatic carbocycles. The first kappa shape index (κ1) is 15.3. The second-order valence-corrected chi connectivity index (χ2v) is 5.28. The molecule has 5 heteroatoms. The maximum Gasteiger partial charge on any atom is 0.140 e. The topological polar surface area (TPSA) is 37.8 Å². The number of aromatic nitrogens is 2. The molecule has 0 aliphatic heterocycles. The number of para-hydroxylation sites is 1. The van der Waals surface area contributed by atoms with Crippen molar-refractivity contribution >= 4 is 28.3 Å². The molecule has 3 aromatic rings. The van der Waals surface area contributed by atoms with E-state index in [1.54, 1.807) is 12.1 Å². The van der Waals surface area contributed by atoms with Crippen molar-refractivity contribution in [1.82, 2.24) is 9.97 Å². The minimum atomic E-state index is -0.403. The zero-order chi connectivity index (χ0) is 16.1. The van der Waals surface area contributed by atoms with Gasteiger partial charge in [-0.1, -0.05) is 35.6 Å². The molecule has 0 fully saturated rings. The number of halogens is 2. The van der Waals surface area contributed by atoms with Crippen LogP contribution in [-0.2, 0) is 0 Å². The Bertz CT molecular complexity index is 894. The minimum absolute atomic E-state index is 0.349. The molecule has 0 amide bonds. The fourth-order valence-electron chi connectivity index (χ4n) is 2.14. The van der Waals surface area contributed by atoms with Gasteiger partial charge in [-0.15, -0.1) is 0 Å². The number of nitrogens with one attached hydrogen (secondary N) is 1. The smallest absolute Gasteiger partial charge is 0.140 e. The second kappa shape index (κ2) is 7.08. The fourth-order valence-corrected chi connectivity index (χ4v) is 2.30. The molecule has 0 aliphatic carbocycles. The van der Waals surface area contributed by atoms with Gasteiger partial charge in [-0.2, -0.15) is 0 Å². The molecular formula is C18H13ClFN3. The van der Waals surface area contributed by atoms with Crippen LogP contribution in [0.5, 0.6) is 0 Å². The van der Waals surface area contributed by atoms with Gasteiger partial charge in [0.1, 0.15) is 18.0 Å². The molecule has 3 rings (SSSR count). The molecule has 1 heterocycles. The Morgan fingerprint density at radius 1 is 1.13 bits per heavy atom. The van der Waals surface area contributed by atoms with Crippen LogP contribution in [0, 0.1) is 17.7 Å². The van der Waals surface area contributed by atoms with E-state index in [1.165, 1.54) is 12.4 Å². The fraction of sp³-hybridized carbons (Fsp3) is 0.111. The first-order chi connectivity index (χ1) is 11.2. The minimum Gasteiger partial charge on any atom is -0.368 e. The van der Waals surface area contributed by atoms with Crippen LogP contribution in [0.25, 0.3) is 10.9 Å². The van der Waals surface area contributed by atoms with E-state index in [2.05, 4.69) is 27.1 Å². The van der Waals surface area contributed by atoms with Crippen LogP contribution in [0.4, 0.5) is 10.2 Å². The first-order valence-electron chi connectivity index (χ1n) is 7.11. The van der Waals surface area contributed by atoms with Crippen LogP contribution in [0.2, 0.25) is 5.02 Å². The Morgan fingerprint density at radius 2 is 2.00 bits per heavy atom. The molecule has 3 nitrogen and oxygen atoms in total. The van der Waals surface area contributed by atoms with E-state index in [0.29, 0.717) is 23.6 Å². The summed E-state index contributed by atoms with van der Waals surface area (Å²) in [5, 5.41) is 4.56. The van der Waals surface area contributed by atoms with Crippen LogP contribution in [0.15, 0.2) is 48.8 Å². The molecule has 0 unspecified atom stereocenters. The lowest BCUT2D eigenvalue weighted by Gasteiger charge is -2.06. The van der Waals surface area contributed by atoms with Crippen molar-refractivity contribution in [2.24, 2.45) is 0 Å². The summed E-state index contributed by atoms with van der Waals surface area (Å²) < 4.78 is 13.6. The van der Waals surface area contributed by atoms with E-state index in [1.807, 2.05) is 24.3 Å². The lowest BCUT2D eigenvalue weighted by Crippen LogP contribution is -2.03. The van der Waals surface area contributed by atoms with Crippen molar-refractivity contribution in [3.8, 4) is 11.8 Å². The number of benzene rings is 2. The van der Waals surface area contributed by atoms with Gasteiger partial charge in [0.05, 0.1) is 11.1 Å². The average molecular weight is 326 g/mol. The maximum absolute atomic E-state index is 13.6. The van der Waals surface area contributed by atoms with E-state index >= 15 is 0 Å². The summed E-state index contributed by atoms with van der Waals surface area (Å²) in [6.45, 7) is 0.614. The van der Waals surface area contributed by atoms with E-state index < -0.39 is 5.82 Å². The van der Waals surface area contributed by atoms with Gasteiger partial charge in [-0.05, 0) is 30.3 Å². The largest absolute Gasteiger partial charge is 0.368 e. The summed E-state index contributed by atoms with van der Waals surface area (Å²) in [5.74, 6) is 6.12. The van der Waals surface area contributed by atoms with E-state index in [0.717, 1.165) is 16.7 Å². The normalized spacial score (nSPS) is 10.2. The van der Waals surface area contributed by atoms with Gasteiger partial charge in [0.25, 0.3) is 0 Å². The highest BCUT2D eigenvalue weighted by Gasteiger charge is 2.01. The molecule has 0 saturated carbocycles. The SMILES string of the molecule is Fc1cc(Cl)ccc1C#CCCNc1ncnc2ccccc12. The molecule has 1 aromatic heterocycles. The number of anilines is 1. The quantitative estimate of drug-likeness (QED) is 0.577. The van der Waals surface area contributed by atoms with E-state index in [-0.39, 0.29) is 0 Å². The molecule has 23 heavy (non-hydrogen) atoms. The molecule has 1 N–H and O–H groups in total. The molecule has 0 spiro atoms. The van der Waals surface area contributed by atoms with Crippen LogP contribution >= 0.6 is 11.6 Å². The number of hydrogen-bond acceptors (Lipinski definition) is 3. The lowest BCUT2D eigenvalue weighted by molar-refractivity contribution is 0.624. The van der Waals surface area contributed by atoms with Crippen molar-refractivity contribution in [3.05, 3.63) is 65.2 Å². The Morgan fingerprint density at radius 3 is 2.87 bits per heavy atom. The van der Waals surface area contributed by atoms with E-state index in [4.69, 9.17) is 11.6 Å². The standard InChI is InChI=1S/C18H13ClFN3/c19-14-9-8-13(16(20)11-14)5-3-4-10-21-18-15-6-1-2-7-17(15)22-12-23-18/h1-2,6-9,11-12H,4,10H2,(H,21,22,23). The summed E-state index contributed by atoms with van der Waals surface area (Å²) in [6.07, 6.45) is 2.10. The van der Waals surface area contributed by atoms with Crippen LogP contribution in [-0.4, -0.2) is 16.5 Å². The molecule has 0 saturated heterocycles. The highest BCUT2D eigenvalue weighted by atomic mass is 35.5. The van der Waals surface area contributed by atoms with Crippen LogP contribution in [0.3, 0.4) is 0 Å². The Balaban J connectivity index is 1.63. The van der Waals surface area contributed by atoms with Gasteiger partial charge in [0, 0.05) is 23.4 Å². The molecule has 0 bridgehead atoms. The molecule has 0 radical (unpaired) electrons. The Kier molecular flexibility index (Phi) is 4.70. The molecule has 0 atom stereocenters. The second-order valence-electron chi connectivity index (χ2n) is 4.84. The zero-order valence-electron chi connectivity index (χ0n) is 12.2. The average Bonchev–Trinajstić information content (AvgIpc) is 2.56. The summed E-state index contributed by atoms with van der Waals surface area (Å²) >= 11 is 5.71. The Hall–Kier alpha value is -2.64. The van der Waals surface area contributed by atoms with Crippen molar-refractivity contribution in [3.63, 3.8) is 0 Å². The highest BCUT2D eigenvalue weighted by Crippen LogP contribution is 2.18. The monoisotopic (exact) mass is 325 g/mol. The van der Waals surface area contributed by atoms with Crippen LogP contribution < -0.4 is 5.32 Å². The number of rotatable bonds is 3. The summed E-state index contributed by atoms with van der Waals surface area (Å²) in [6, 6.07) is 12.2. The molecular weight excluding hydrogens is 313 g/mol. The van der Waals surface area contributed by atoms with Gasteiger partial charge in [-0.25, -0.2) is 14.4 Å².